The third-order valence-corrected chi connectivity index (χ3v) is 22.4. The van der Waals surface area contributed by atoms with Crippen molar-refractivity contribution in [1.29, 1.82) is 0 Å². The van der Waals surface area contributed by atoms with E-state index < -0.39 is 17.6 Å². The maximum Gasteiger partial charge on any atom is 0.501 e. The first-order chi connectivity index (χ1) is 48.6. The summed E-state index contributed by atoms with van der Waals surface area (Å²) in [4.78, 5) is 20.8. The molecule has 0 spiro atoms. The van der Waals surface area contributed by atoms with Crippen LogP contribution in [0.25, 0.3) is 0 Å². The predicted octanol–water partition coefficient (Wildman–Crippen LogP) is 6.28. The lowest BCUT2D eigenvalue weighted by atomic mass is 10.0. The second-order valence-corrected chi connectivity index (χ2v) is 33.2. The van der Waals surface area contributed by atoms with Crippen LogP contribution in [-0.4, -0.2) is 295 Å². The fraction of sp³-hybridized carbons (Fsp3) is 1.00. The van der Waals surface area contributed by atoms with Gasteiger partial charge in [-0.25, -0.2) is 0 Å². The number of ether oxygens (including phenoxy) is 10. The number of halogens is 2. The van der Waals surface area contributed by atoms with Crippen LogP contribution in [0.4, 0.5) is 0 Å². The van der Waals surface area contributed by atoms with E-state index in [1.54, 1.807) is 0 Å². The molecule has 0 fully saturated rings. The number of aliphatic hydroxyl groups is 4. The molecule has 102 heavy (non-hydrogen) atoms. The van der Waals surface area contributed by atoms with Crippen molar-refractivity contribution in [3.63, 3.8) is 0 Å². The SMILES string of the molecule is CCCCCCCCCCCCCCCCCC[N+](C)(C)CCC[Si](O)(O)OCCOCCOC(COCCO)COCCOCCO.CCCCCCCCCCCCCCCCCC[N+](C)(C)CCC[Si](OCC)(OCC)OCCOCCOC(COCCO)COCCOCCO.[Cl-].[Cl-]. The number of hydrogen-bond donors (Lipinski definition) is 6. The van der Waals surface area contributed by atoms with E-state index in [1.165, 1.54) is 212 Å². The molecule has 0 bridgehead atoms. The van der Waals surface area contributed by atoms with Gasteiger partial charge in [-0.1, -0.05) is 194 Å². The van der Waals surface area contributed by atoms with Crippen LogP contribution in [0.2, 0.25) is 12.1 Å². The van der Waals surface area contributed by atoms with Crippen molar-refractivity contribution in [1.82, 2.24) is 0 Å². The van der Waals surface area contributed by atoms with Crippen molar-refractivity contribution < 1.29 is 129 Å². The highest BCUT2D eigenvalue weighted by Crippen LogP contribution is 2.22. The van der Waals surface area contributed by atoms with Gasteiger partial charge in [0.15, 0.2) is 0 Å². The Morgan fingerprint density at radius 1 is 0.265 bits per heavy atom. The number of aliphatic hydroxyl groups excluding tert-OH is 4. The molecular weight excluding hydrogens is 1390 g/mol. The Kier molecular flexibility index (Phi) is 88.9. The first-order valence-corrected chi connectivity index (χ1v) is 44.5. The number of quaternary nitrogens is 2. The minimum absolute atomic E-state index is 0. The molecule has 0 aromatic rings. The first-order valence-electron chi connectivity index (χ1n) is 40.6. The summed E-state index contributed by atoms with van der Waals surface area (Å²) in [5.74, 6) is 0. The van der Waals surface area contributed by atoms with Crippen LogP contribution >= 0.6 is 0 Å². The largest absolute Gasteiger partial charge is 1.00 e. The minimum Gasteiger partial charge on any atom is -1.00 e. The summed E-state index contributed by atoms with van der Waals surface area (Å²) in [6.45, 7) is 20.2. The van der Waals surface area contributed by atoms with E-state index in [0.717, 1.165) is 47.5 Å². The first kappa shape index (κ1) is 108. The van der Waals surface area contributed by atoms with Gasteiger partial charge >= 0.3 is 17.6 Å². The molecule has 0 rings (SSSR count). The molecule has 0 saturated heterocycles. The summed E-state index contributed by atoms with van der Waals surface area (Å²) in [6.07, 6.45) is 45.5. The highest BCUT2D eigenvalue weighted by Gasteiger charge is 2.41. The molecule has 2 unspecified atom stereocenters. The second kappa shape index (κ2) is 83.6. The van der Waals surface area contributed by atoms with Gasteiger partial charge in [-0.15, -0.1) is 0 Å². The van der Waals surface area contributed by atoms with E-state index in [-0.39, 0.29) is 109 Å². The van der Waals surface area contributed by atoms with Crippen LogP contribution < -0.4 is 24.8 Å². The van der Waals surface area contributed by atoms with E-state index in [9.17, 15) is 9.59 Å². The maximum atomic E-state index is 10.4. The molecule has 26 heteroatoms. The maximum absolute atomic E-state index is 10.4. The molecule has 0 saturated carbocycles. The molecule has 0 aliphatic carbocycles. The molecule has 6 N–H and O–H groups in total. The van der Waals surface area contributed by atoms with Crippen molar-refractivity contribution in [3.05, 3.63) is 0 Å². The summed E-state index contributed by atoms with van der Waals surface area (Å²) < 4.78 is 81.3. The van der Waals surface area contributed by atoms with E-state index in [2.05, 4.69) is 42.0 Å². The van der Waals surface area contributed by atoms with E-state index in [4.69, 9.17) is 85.5 Å². The third kappa shape index (κ3) is 81.1. The van der Waals surface area contributed by atoms with E-state index in [1.807, 2.05) is 13.8 Å². The number of rotatable bonds is 84. The van der Waals surface area contributed by atoms with Gasteiger partial charge in [0.05, 0.1) is 213 Å². The van der Waals surface area contributed by atoms with Crippen molar-refractivity contribution in [3.8, 4) is 0 Å². The Balaban J connectivity index is -0.000000926. The van der Waals surface area contributed by atoms with Gasteiger partial charge in [0.2, 0.25) is 0 Å². The van der Waals surface area contributed by atoms with Crippen molar-refractivity contribution >= 4 is 17.6 Å². The summed E-state index contributed by atoms with van der Waals surface area (Å²) in [7, 11) is 2.62. The number of unbranched alkanes of at least 4 members (excludes halogenated alkanes) is 30. The van der Waals surface area contributed by atoms with E-state index >= 15 is 0 Å². The Bertz CT molecular complexity index is 1590. The van der Waals surface area contributed by atoms with Gasteiger partial charge in [-0.05, 0) is 39.5 Å². The lowest BCUT2D eigenvalue weighted by Gasteiger charge is -2.33. The highest BCUT2D eigenvalue weighted by molar-refractivity contribution is 6.60. The van der Waals surface area contributed by atoms with Gasteiger partial charge < -0.3 is 129 Å². The summed E-state index contributed by atoms with van der Waals surface area (Å²) in [6, 6.07) is 1.09. The van der Waals surface area contributed by atoms with Crippen LogP contribution in [-0.2, 0) is 65.1 Å². The number of hydrogen-bond acceptors (Lipinski definition) is 20. The van der Waals surface area contributed by atoms with Crippen molar-refractivity contribution in [2.75, 3.05) is 226 Å². The molecule has 620 valence electrons. The summed E-state index contributed by atoms with van der Waals surface area (Å²) >= 11 is 0. The Labute approximate surface area is 639 Å². The Morgan fingerprint density at radius 2 is 0.510 bits per heavy atom. The molecule has 0 aliphatic rings. The monoisotopic (exact) mass is 1550 g/mol. The van der Waals surface area contributed by atoms with Gasteiger partial charge in [0, 0.05) is 38.1 Å². The molecule has 0 heterocycles. The third-order valence-electron chi connectivity index (χ3n) is 17.6. The molecule has 22 nitrogen and oxygen atoms in total. The predicted molar refractivity (Wildman–Crippen MR) is 407 cm³/mol. The van der Waals surface area contributed by atoms with E-state index in [0.29, 0.717) is 106 Å². The quantitative estimate of drug-likeness (QED) is 0.0223. The fourth-order valence-corrected chi connectivity index (χ4v) is 15.6. The number of nitrogens with zero attached hydrogens (tertiary/aromatic N) is 2. The smallest absolute Gasteiger partial charge is 0.501 e. The minimum atomic E-state index is -3.71. The summed E-state index contributed by atoms with van der Waals surface area (Å²) in [5.41, 5.74) is 0. The Hall–Kier alpha value is 0.134. The zero-order valence-electron chi connectivity index (χ0n) is 66.9. The van der Waals surface area contributed by atoms with Crippen LogP contribution in [0, 0.1) is 0 Å². The van der Waals surface area contributed by atoms with Crippen molar-refractivity contribution in [2.24, 2.45) is 0 Å². The standard InChI is InChI=1S/C40H86NO10Si.C36H78NO10Si.2ClH/c1-6-9-10-11-12-13-14-15-16-17-18-19-20-21-22-23-25-41(4,5)26-24-37-52(49-7-2,50-8-3)51-36-34-45-33-35-48-40(38-46-30-28-43)39-47-32-31-44-29-27-42;1-4-5-6-7-8-9-10-11-12-13-14-15-16-17-18-19-21-37(2,3)22-20-33-48(40,41)47-32-30-43-29-31-46-36(34-44-26-24-39)35-45-28-27-42-25-23-38;;/h40,42-43H,6-39H2,1-5H3;36,38-41H,4-35H2,1-3H3;2*1H/q2*+1;;/p-2. The van der Waals surface area contributed by atoms with Crippen molar-refractivity contribution in [2.45, 2.75) is 270 Å². The average molecular weight is 1550 g/mol. The lowest BCUT2D eigenvalue weighted by molar-refractivity contribution is -0.890. The van der Waals surface area contributed by atoms with Crippen LogP contribution in [0.5, 0.6) is 0 Å². The van der Waals surface area contributed by atoms with Crippen LogP contribution in [0.1, 0.15) is 246 Å². The summed E-state index contributed by atoms with van der Waals surface area (Å²) in [5, 5.41) is 35.4. The van der Waals surface area contributed by atoms with Crippen LogP contribution in [0.3, 0.4) is 0 Å². The lowest BCUT2D eigenvalue weighted by Crippen LogP contribution is -3.00. The van der Waals surface area contributed by atoms with Gasteiger partial charge in [-0.2, -0.15) is 0 Å². The Morgan fingerprint density at radius 3 is 0.833 bits per heavy atom. The zero-order chi connectivity index (χ0) is 73.7. The molecule has 0 aromatic heterocycles. The molecule has 0 aromatic carbocycles. The molecule has 0 radical (unpaired) electrons. The normalized spacial score (nSPS) is 12.8. The second-order valence-electron chi connectivity index (χ2n) is 28.2. The van der Waals surface area contributed by atoms with Crippen LogP contribution in [0.15, 0.2) is 0 Å². The van der Waals surface area contributed by atoms with Gasteiger partial charge in [0.1, 0.15) is 12.2 Å². The topological polar surface area (TPSA) is 251 Å². The highest BCUT2D eigenvalue weighted by atomic mass is 35.5. The molecule has 0 amide bonds. The van der Waals surface area contributed by atoms with Gasteiger partial charge in [0.25, 0.3) is 0 Å². The molecule has 2 atom stereocenters. The fourth-order valence-electron chi connectivity index (χ4n) is 11.8. The zero-order valence-corrected chi connectivity index (χ0v) is 70.4. The average Bonchev–Trinajstić information content (AvgIpc) is 0.872. The molecule has 0 aliphatic heterocycles. The van der Waals surface area contributed by atoms with Gasteiger partial charge in [-0.3, -0.25) is 0 Å². The molecular formula is C76H164Cl2N2O20Si2.